The zero-order valence-corrected chi connectivity index (χ0v) is 12.7. The minimum atomic E-state index is 0.162. The molecule has 2 aromatic rings. The van der Waals surface area contributed by atoms with Gasteiger partial charge in [0.05, 0.1) is 0 Å². The fourth-order valence-electron chi connectivity index (χ4n) is 2.51. The molecule has 3 rings (SSSR count). The fraction of sp³-hybridized carbons (Fsp3) is 0.375. The number of rotatable bonds is 6. The third-order valence-electron chi connectivity index (χ3n) is 3.65. The minimum absolute atomic E-state index is 0.162. The maximum Gasteiger partial charge on any atom is 0.231 e. The second-order valence-electron chi connectivity index (χ2n) is 5.08. The van der Waals surface area contributed by atoms with E-state index in [0.717, 1.165) is 17.1 Å². The van der Waals surface area contributed by atoms with Crippen LogP contribution in [-0.2, 0) is 0 Å². The Kier molecular flexibility index (Phi) is 4.43. The van der Waals surface area contributed by atoms with E-state index in [2.05, 4.69) is 29.8 Å². The molecule has 1 aliphatic rings. The standard InChI is InChI=1S/C16H19NO3S/c1-11(12-4-5-14-15(9-12)20-10-19-14)17-13(6-7-18)16-3-2-8-21-16/h2-5,8-9,11,13,17-18H,6-7,10H2,1H3. The highest BCUT2D eigenvalue weighted by molar-refractivity contribution is 7.10. The zero-order chi connectivity index (χ0) is 14.7. The number of thiophene rings is 1. The summed E-state index contributed by atoms with van der Waals surface area (Å²) in [5.74, 6) is 1.60. The first-order valence-electron chi connectivity index (χ1n) is 7.08. The van der Waals surface area contributed by atoms with Crippen molar-refractivity contribution in [2.24, 2.45) is 0 Å². The van der Waals surface area contributed by atoms with E-state index in [0.29, 0.717) is 13.2 Å². The van der Waals surface area contributed by atoms with Crippen LogP contribution in [0.3, 0.4) is 0 Å². The smallest absolute Gasteiger partial charge is 0.231 e. The molecule has 0 bridgehead atoms. The topological polar surface area (TPSA) is 50.7 Å². The Hall–Kier alpha value is -1.56. The molecule has 1 aromatic heterocycles. The van der Waals surface area contributed by atoms with E-state index in [1.807, 2.05) is 18.2 Å². The first kappa shape index (κ1) is 14.4. The van der Waals surface area contributed by atoms with Crippen LogP contribution in [0.2, 0.25) is 0 Å². The SMILES string of the molecule is CC(NC(CCO)c1cccs1)c1ccc2c(c1)OCO2. The van der Waals surface area contributed by atoms with E-state index in [-0.39, 0.29) is 18.7 Å². The van der Waals surface area contributed by atoms with Crippen molar-refractivity contribution in [2.45, 2.75) is 25.4 Å². The molecule has 0 fully saturated rings. The highest BCUT2D eigenvalue weighted by Gasteiger charge is 2.19. The van der Waals surface area contributed by atoms with E-state index < -0.39 is 0 Å². The first-order valence-corrected chi connectivity index (χ1v) is 7.95. The third kappa shape index (κ3) is 3.20. The Morgan fingerprint density at radius 3 is 2.90 bits per heavy atom. The Labute approximate surface area is 128 Å². The number of aliphatic hydroxyl groups excluding tert-OH is 1. The number of aliphatic hydroxyl groups is 1. The molecule has 0 saturated carbocycles. The Morgan fingerprint density at radius 2 is 2.14 bits per heavy atom. The summed E-state index contributed by atoms with van der Waals surface area (Å²) >= 11 is 1.71. The van der Waals surface area contributed by atoms with E-state index in [1.165, 1.54) is 4.88 Å². The number of nitrogens with one attached hydrogen (secondary N) is 1. The summed E-state index contributed by atoms with van der Waals surface area (Å²) in [5, 5.41) is 14.9. The Morgan fingerprint density at radius 1 is 1.29 bits per heavy atom. The normalized spacial score (nSPS) is 15.9. The van der Waals surface area contributed by atoms with Crippen molar-refractivity contribution < 1.29 is 14.6 Å². The molecular formula is C16H19NO3S. The fourth-order valence-corrected chi connectivity index (χ4v) is 3.33. The summed E-state index contributed by atoms with van der Waals surface area (Å²) in [6.07, 6.45) is 0.704. The summed E-state index contributed by atoms with van der Waals surface area (Å²) in [5.41, 5.74) is 1.15. The van der Waals surface area contributed by atoms with Crippen molar-refractivity contribution >= 4 is 11.3 Å². The molecule has 2 heterocycles. The maximum atomic E-state index is 9.27. The number of fused-ring (bicyclic) bond motifs is 1. The summed E-state index contributed by atoms with van der Waals surface area (Å²) in [4.78, 5) is 1.25. The van der Waals surface area contributed by atoms with Crippen molar-refractivity contribution in [3.63, 3.8) is 0 Å². The molecule has 4 nitrogen and oxygen atoms in total. The molecule has 0 amide bonds. The molecule has 2 unspecified atom stereocenters. The quantitative estimate of drug-likeness (QED) is 0.860. The van der Waals surface area contributed by atoms with Crippen LogP contribution in [0.4, 0.5) is 0 Å². The maximum absolute atomic E-state index is 9.27. The van der Waals surface area contributed by atoms with Gasteiger partial charge in [-0.1, -0.05) is 12.1 Å². The molecule has 2 N–H and O–H groups in total. The largest absolute Gasteiger partial charge is 0.454 e. The summed E-state index contributed by atoms with van der Waals surface area (Å²) in [7, 11) is 0. The van der Waals surface area contributed by atoms with Gasteiger partial charge in [0, 0.05) is 23.6 Å². The van der Waals surface area contributed by atoms with Gasteiger partial charge in [0.1, 0.15) is 0 Å². The van der Waals surface area contributed by atoms with E-state index in [1.54, 1.807) is 11.3 Å². The highest BCUT2D eigenvalue weighted by Crippen LogP contribution is 2.35. The Balaban J connectivity index is 1.73. The van der Waals surface area contributed by atoms with Crippen molar-refractivity contribution in [3.05, 3.63) is 46.2 Å². The molecular weight excluding hydrogens is 286 g/mol. The monoisotopic (exact) mass is 305 g/mol. The van der Waals surface area contributed by atoms with E-state index >= 15 is 0 Å². The molecule has 0 radical (unpaired) electrons. The molecule has 0 spiro atoms. The lowest BCUT2D eigenvalue weighted by Gasteiger charge is -2.22. The van der Waals surface area contributed by atoms with Crippen LogP contribution in [0.1, 0.15) is 35.9 Å². The van der Waals surface area contributed by atoms with Crippen LogP contribution in [-0.4, -0.2) is 18.5 Å². The second-order valence-corrected chi connectivity index (χ2v) is 6.06. The van der Waals surface area contributed by atoms with Gasteiger partial charge in [0.25, 0.3) is 0 Å². The lowest BCUT2D eigenvalue weighted by Crippen LogP contribution is -2.25. The van der Waals surface area contributed by atoms with Crippen LogP contribution < -0.4 is 14.8 Å². The van der Waals surface area contributed by atoms with Gasteiger partial charge in [-0.25, -0.2) is 0 Å². The average Bonchev–Trinajstić information content (AvgIpc) is 3.17. The minimum Gasteiger partial charge on any atom is -0.454 e. The van der Waals surface area contributed by atoms with Crippen molar-refractivity contribution in [1.29, 1.82) is 0 Å². The molecule has 0 aliphatic carbocycles. The molecule has 0 saturated heterocycles. The van der Waals surface area contributed by atoms with Gasteiger partial charge in [0.15, 0.2) is 11.5 Å². The molecule has 1 aromatic carbocycles. The second kappa shape index (κ2) is 6.47. The van der Waals surface area contributed by atoms with Gasteiger partial charge in [-0.05, 0) is 42.5 Å². The molecule has 5 heteroatoms. The summed E-state index contributed by atoms with van der Waals surface area (Å²) in [6.45, 7) is 2.59. The predicted octanol–water partition coefficient (Wildman–Crippen LogP) is 3.25. The van der Waals surface area contributed by atoms with E-state index in [9.17, 15) is 5.11 Å². The third-order valence-corrected chi connectivity index (χ3v) is 4.64. The van der Waals surface area contributed by atoms with Crippen LogP contribution >= 0.6 is 11.3 Å². The van der Waals surface area contributed by atoms with Crippen LogP contribution in [0.5, 0.6) is 11.5 Å². The van der Waals surface area contributed by atoms with Gasteiger partial charge in [-0.15, -0.1) is 11.3 Å². The van der Waals surface area contributed by atoms with Crippen molar-refractivity contribution in [1.82, 2.24) is 5.32 Å². The van der Waals surface area contributed by atoms with Crippen molar-refractivity contribution in [3.8, 4) is 11.5 Å². The van der Waals surface area contributed by atoms with Gasteiger partial charge in [0.2, 0.25) is 6.79 Å². The van der Waals surface area contributed by atoms with Gasteiger partial charge in [-0.2, -0.15) is 0 Å². The van der Waals surface area contributed by atoms with Gasteiger partial charge < -0.3 is 19.9 Å². The molecule has 1 aliphatic heterocycles. The number of hydrogen-bond donors (Lipinski definition) is 2. The number of ether oxygens (including phenoxy) is 2. The van der Waals surface area contributed by atoms with Crippen LogP contribution in [0, 0.1) is 0 Å². The van der Waals surface area contributed by atoms with Gasteiger partial charge >= 0.3 is 0 Å². The molecule has 2 atom stereocenters. The van der Waals surface area contributed by atoms with Gasteiger partial charge in [-0.3, -0.25) is 0 Å². The highest BCUT2D eigenvalue weighted by atomic mass is 32.1. The first-order chi connectivity index (χ1) is 10.3. The van der Waals surface area contributed by atoms with E-state index in [4.69, 9.17) is 9.47 Å². The number of hydrogen-bond acceptors (Lipinski definition) is 5. The summed E-state index contributed by atoms with van der Waals surface area (Å²) < 4.78 is 10.8. The van der Waals surface area contributed by atoms with Crippen molar-refractivity contribution in [2.75, 3.05) is 13.4 Å². The zero-order valence-electron chi connectivity index (χ0n) is 11.9. The van der Waals surface area contributed by atoms with Crippen LogP contribution in [0.25, 0.3) is 0 Å². The lowest BCUT2D eigenvalue weighted by atomic mass is 10.0. The molecule has 21 heavy (non-hydrogen) atoms. The Bertz CT molecular complexity index is 585. The van der Waals surface area contributed by atoms with Crippen LogP contribution in [0.15, 0.2) is 35.7 Å². The summed E-state index contributed by atoms with van der Waals surface area (Å²) in [6, 6.07) is 10.5. The lowest BCUT2D eigenvalue weighted by molar-refractivity contribution is 0.174. The molecule has 112 valence electrons. The number of benzene rings is 1. The predicted molar refractivity (Wildman–Crippen MR) is 82.9 cm³/mol. The average molecular weight is 305 g/mol.